The lowest BCUT2D eigenvalue weighted by atomic mass is 10.0. The van der Waals surface area contributed by atoms with E-state index in [-0.39, 0.29) is 30.9 Å². The van der Waals surface area contributed by atoms with Crippen LogP contribution in [0.1, 0.15) is 28.8 Å². The zero-order chi connectivity index (χ0) is 27.5. The summed E-state index contributed by atoms with van der Waals surface area (Å²) in [5, 5.41) is 29.1. The third-order valence-electron chi connectivity index (χ3n) is 5.75. The van der Waals surface area contributed by atoms with Crippen molar-refractivity contribution < 1.29 is 38.9 Å². The van der Waals surface area contributed by atoms with Crippen LogP contribution in [0.2, 0.25) is 0 Å². The highest BCUT2D eigenvalue weighted by Crippen LogP contribution is 2.18. The van der Waals surface area contributed by atoms with Gasteiger partial charge in [-0.25, -0.2) is 4.79 Å². The predicted molar refractivity (Wildman–Crippen MR) is 134 cm³/mol. The average Bonchev–Trinajstić information content (AvgIpc) is 2.90. The molecule has 0 aromatic heterocycles. The summed E-state index contributed by atoms with van der Waals surface area (Å²) in [7, 11) is 0. The van der Waals surface area contributed by atoms with Gasteiger partial charge in [0.15, 0.2) is 0 Å². The van der Waals surface area contributed by atoms with Crippen LogP contribution in [0, 0.1) is 0 Å². The Morgan fingerprint density at radius 1 is 0.895 bits per heavy atom. The Balaban J connectivity index is 1.85. The van der Waals surface area contributed by atoms with Gasteiger partial charge in [-0.3, -0.25) is 19.2 Å². The lowest BCUT2D eigenvalue weighted by molar-refractivity contribution is -0.141. The van der Waals surface area contributed by atoms with Gasteiger partial charge in [-0.15, -0.1) is 0 Å². The molecule has 1 heterocycles. The maximum atomic E-state index is 12.9. The van der Waals surface area contributed by atoms with Crippen molar-refractivity contribution in [2.45, 2.75) is 37.4 Å². The first kappa shape index (κ1) is 28.1. The van der Waals surface area contributed by atoms with Gasteiger partial charge in [0.05, 0.1) is 25.2 Å². The molecule has 0 radical (unpaired) electrons. The zero-order valence-corrected chi connectivity index (χ0v) is 20.5. The summed E-state index contributed by atoms with van der Waals surface area (Å²) < 4.78 is 5.69. The number of rotatable bonds is 4. The normalized spacial score (nSPS) is 21.8. The molecule has 0 aliphatic carbocycles. The summed E-state index contributed by atoms with van der Waals surface area (Å²) in [4.78, 5) is 62.9. The Morgan fingerprint density at radius 3 is 2.32 bits per heavy atom. The molecule has 0 spiro atoms. The van der Waals surface area contributed by atoms with Gasteiger partial charge in [-0.05, 0) is 24.1 Å². The maximum Gasteiger partial charge on any atom is 0.326 e. The van der Waals surface area contributed by atoms with Gasteiger partial charge in [0.1, 0.15) is 23.9 Å². The highest BCUT2D eigenvalue weighted by Gasteiger charge is 2.30. The van der Waals surface area contributed by atoms with Crippen LogP contribution in [0.15, 0.2) is 54.6 Å². The van der Waals surface area contributed by atoms with Crippen LogP contribution >= 0.6 is 0 Å². The Hall–Kier alpha value is -4.45. The second-order valence-corrected chi connectivity index (χ2v) is 8.61. The van der Waals surface area contributed by atoms with Crippen molar-refractivity contribution in [3.8, 4) is 5.75 Å². The second kappa shape index (κ2) is 13.7. The molecule has 2 aromatic carbocycles. The van der Waals surface area contributed by atoms with Gasteiger partial charge >= 0.3 is 5.97 Å². The Kier molecular flexibility index (Phi) is 10.2. The number of carbonyl (C=O) groups is 5. The van der Waals surface area contributed by atoms with Crippen LogP contribution in [0.4, 0.5) is 0 Å². The van der Waals surface area contributed by atoms with Crippen LogP contribution in [0.3, 0.4) is 0 Å². The number of aliphatic hydroxyl groups is 1. The van der Waals surface area contributed by atoms with Crippen molar-refractivity contribution in [2.24, 2.45) is 0 Å². The van der Waals surface area contributed by atoms with Crippen LogP contribution < -0.4 is 26.0 Å². The summed E-state index contributed by atoms with van der Waals surface area (Å²) in [6.45, 7) is -0.459. The summed E-state index contributed by atoms with van der Waals surface area (Å²) in [6, 6.07) is 11.1. The lowest BCUT2D eigenvalue weighted by Crippen LogP contribution is -2.56. The molecule has 0 saturated carbocycles. The Labute approximate surface area is 218 Å². The first-order valence-electron chi connectivity index (χ1n) is 12.1. The number of carbonyl (C=O) groups excluding carboxylic acids is 4. The molecule has 2 aromatic rings. The molecule has 12 nitrogen and oxygen atoms in total. The minimum absolute atomic E-state index is 0.0693. The Bertz CT molecular complexity index is 1160. The molecule has 3 atom stereocenters. The number of amides is 4. The highest BCUT2D eigenvalue weighted by molar-refractivity contribution is 6.00. The molecule has 0 bridgehead atoms. The third-order valence-corrected chi connectivity index (χ3v) is 5.75. The number of fused-ring (bicyclic) bond motifs is 1. The summed E-state index contributed by atoms with van der Waals surface area (Å²) in [5.74, 6) is -4.23. The fourth-order valence-electron chi connectivity index (χ4n) is 3.77. The number of hydrogen-bond acceptors (Lipinski definition) is 7. The van der Waals surface area contributed by atoms with E-state index in [0.29, 0.717) is 6.42 Å². The largest absolute Gasteiger partial charge is 0.493 e. The van der Waals surface area contributed by atoms with E-state index in [1.807, 2.05) is 6.07 Å². The van der Waals surface area contributed by atoms with E-state index in [1.165, 1.54) is 6.07 Å². The smallest absolute Gasteiger partial charge is 0.326 e. The van der Waals surface area contributed by atoms with Crippen molar-refractivity contribution in [3.05, 3.63) is 65.7 Å². The second-order valence-electron chi connectivity index (χ2n) is 8.61. The van der Waals surface area contributed by atoms with E-state index in [2.05, 4.69) is 21.3 Å². The van der Waals surface area contributed by atoms with Crippen molar-refractivity contribution in [1.29, 1.82) is 0 Å². The van der Waals surface area contributed by atoms with E-state index in [9.17, 15) is 34.2 Å². The summed E-state index contributed by atoms with van der Waals surface area (Å²) in [6.07, 6.45) is -0.177. The summed E-state index contributed by atoms with van der Waals surface area (Å²) >= 11 is 0. The minimum atomic E-state index is -1.62. The number of aliphatic hydroxyl groups excluding tert-OH is 1. The highest BCUT2D eigenvalue weighted by atomic mass is 16.5. The van der Waals surface area contributed by atoms with Crippen LogP contribution in [-0.2, 0) is 25.6 Å². The quantitative estimate of drug-likeness (QED) is 0.304. The van der Waals surface area contributed by atoms with E-state index < -0.39 is 60.8 Å². The predicted octanol–water partition coefficient (Wildman–Crippen LogP) is -0.637. The molecule has 12 heteroatoms. The van der Waals surface area contributed by atoms with Gasteiger partial charge in [0, 0.05) is 13.0 Å². The van der Waals surface area contributed by atoms with Crippen LogP contribution in [0.5, 0.6) is 5.75 Å². The van der Waals surface area contributed by atoms with Crippen LogP contribution in [0.25, 0.3) is 0 Å². The number of carboxylic acid groups (broad SMARTS) is 1. The molecule has 6 N–H and O–H groups in total. The van der Waals surface area contributed by atoms with E-state index in [0.717, 1.165) is 5.56 Å². The van der Waals surface area contributed by atoms with Gasteiger partial charge in [0.25, 0.3) is 5.91 Å². The maximum absolute atomic E-state index is 12.9. The van der Waals surface area contributed by atoms with Crippen molar-refractivity contribution in [1.82, 2.24) is 21.3 Å². The van der Waals surface area contributed by atoms with Crippen molar-refractivity contribution >= 4 is 29.6 Å². The van der Waals surface area contributed by atoms with E-state index in [1.54, 1.807) is 42.5 Å². The topological polar surface area (TPSA) is 183 Å². The number of hydrogen-bond donors (Lipinski definition) is 6. The van der Waals surface area contributed by atoms with Gasteiger partial charge < -0.3 is 36.2 Å². The fourth-order valence-corrected chi connectivity index (χ4v) is 3.77. The number of carboxylic acids is 1. The first-order valence-corrected chi connectivity index (χ1v) is 12.1. The average molecular weight is 527 g/mol. The van der Waals surface area contributed by atoms with Gasteiger partial charge in [0.2, 0.25) is 17.7 Å². The molecular weight excluding hydrogens is 496 g/mol. The Morgan fingerprint density at radius 2 is 1.61 bits per heavy atom. The molecule has 0 saturated heterocycles. The molecular formula is C26H30N4O8. The SMILES string of the molecule is O=C1C[C@@H](C(=O)O)NC(=O)c2ccccc2OCCCNC(=O)[C@H](Cc2ccccc2)NC(=O)[C@H](CO)N1. The standard InChI is InChI=1S/C26H30N4O8/c31-15-20-25(35)29-18(13-16-7-2-1-3-8-16)24(34)27-11-6-12-38-21-10-5-4-9-17(21)23(33)30-19(26(36)37)14-22(32)28-20/h1-5,7-10,18-20,31H,6,11-15H2,(H,27,34)(H,28,32)(H,29,35)(H,30,33)(H,36,37)/t18-,19-,20-/m0/s1. The monoisotopic (exact) mass is 526 g/mol. The van der Waals surface area contributed by atoms with E-state index >= 15 is 0 Å². The number of benzene rings is 2. The number of ether oxygens (including phenoxy) is 1. The fraction of sp³-hybridized carbons (Fsp3) is 0.346. The zero-order valence-electron chi connectivity index (χ0n) is 20.5. The lowest BCUT2D eigenvalue weighted by Gasteiger charge is -2.23. The molecule has 0 unspecified atom stereocenters. The van der Waals surface area contributed by atoms with Gasteiger partial charge in [-0.2, -0.15) is 0 Å². The molecule has 1 aliphatic rings. The van der Waals surface area contributed by atoms with Gasteiger partial charge in [-0.1, -0.05) is 42.5 Å². The number of para-hydroxylation sites is 1. The first-order chi connectivity index (χ1) is 18.3. The van der Waals surface area contributed by atoms with Crippen molar-refractivity contribution in [2.75, 3.05) is 19.8 Å². The molecule has 38 heavy (non-hydrogen) atoms. The molecule has 1 aliphatic heterocycles. The van der Waals surface area contributed by atoms with Crippen molar-refractivity contribution in [3.63, 3.8) is 0 Å². The molecule has 0 fully saturated rings. The number of nitrogens with one attached hydrogen (secondary N) is 4. The minimum Gasteiger partial charge on any atom is -0.493 e. The van der Waals surface area contributed by atoms with E-state index in [4.69, 9.17) is 4.74 Å². The summed E-state index contributed by atoms with van der Waals surface area (Å²) in [5.41, 5.74) is 0.847. The third kappa shape index (κ3) is 8.03. The molecule has 4 amide bonds. The number of aliphatic carboxylic acids is 1. The molecule has 3 rings (SSSR count). The molecule has 202 valence electrons. The van der Waals surface area contributed by atoms with Crippen LogP contribution in [-0.4, -0.2) is 77.7 Å².